The van der Waals surface area contributed by atoms with Gasteiger partial charge in [-0.1, -0.05) is 18.0 Å². The number of nitrogens with two attached hydrogens (primary N) is 1. The van der Waals surface area contributed by atoms with Crippen LogP contribution in [0.3, 0.4) is 0 Å². The molecule has 0 amide bonds. The second-order valence-corrected chi connectivity index (χ2v) is 5.22. The summed E-state index contributed by atoms with van der Waals surface area (Å²) in [4.78, 5) is 2.42. The predicted molar refractivity (Wildman–Crippen MR) is 78.3 cm³/mol. The number of nitrogen functional groups attached to an aromatic ring is 1. The van der Waals surface area contributed by atoms with Crippen molar-refractivity contribution in [2.75, 3.05) is 26.2 Å². The van der Waals surface area contributed by atoms with E-state index in [1.807, 2.05) is 0 Å². The third-order valence-electron chi connectivity index (χ3n) is 3.36. The van der Waals surface area contributed by atoms with Crippen molar-refractivity contribution in [2.45, 2.75) is 19.3 Å². The van der Waals surface area contributed by atoms with Crippen LogP contribution >= 0.6 is 11.6 Å². The lowest BCUT2D eigenvalue weighted by Crippen LogP contribution is -2.33. The zero-order valence-corrected chi connectivity index (χ0v) is 11.7. The van der Waals surface area contributed by atoms with E-state index in [9.17, 15) is 0 Å². The molecule has 1 aromatic rings. The first kappa shape index (κ1) is 14.2. The lowest BCUT2D eigenvalue weighted by atomic mass is 10.1. The van der Waals surface area contributed by atoms with Crippen LogP contribution in [0.25, 0.3) is 0 Å². The van der Waals surface area contributed by atoms with Crippen molar-refractivity contribution in [3.8, 4) is 5.75 Å². The molecule has 1 saturated heterocycles. The topological polar surface area (TPSA) is 62.3 Å². The molecule has 0 spiro atoms. The lowest BCUT2D eigenvalue weighted by Gasteiger charge is -2.26. The van der Waals surface area contributed by atoms with Gasteiger partial charge in [0.1, 0.15) is 18.2 Å². The van der Waals surface area contributed by atoms with Crippen LogP contribution in [-0.2, 0) is 0 Å². The maximum Gasteiger partial charge on any atom is 0.137 e. The molecule has 0 atom stereocenters. The molecule has 2 rings (SSSR count). The number of benzene rings is 1. The fourth-order valence-corrected chi connectivity index (χ4v) is 2.49. The van der Waals surface area contributed by atoms with Gasteiger partial charge in [-0.3, -0.25) is 10.3 Å². The SMILES string of the molecule is N=C(N)c1ccc(OCCN2CCCCC2)c(Cl)c1. The second-order valence-electron chi connectivity index (χ2n) is 4.81. The number of ether oxygens (including phenoxy) is 1. The molecule has 0 aliphatic carbocycles. The summed E-state index contributed by atoms with van der Waals surface area (Å²) < 4.78 is 5.69. The van der Waals surface area contributed by atoms with E-state index in [0.29, 0.717) is 22.9 Å². The Morgan fingerprint density at radius 2 is 2.05 bits per heavy atom. The van der Waals surface area contributed by atoms with Crippen molar-refractivity contribution in [2.24, 2.45) is 5.73 Å². The molecule has 0 aromatic heterocycles. The van der Waals surface area contributed by atoms with Crippen molar-refractivity contribution < 1.29 is 4.74 Å². The first-order chi connectivity index (χ1) is 9.16. The summed E-state index contributed by atoms with van der Waals surface area (Å²) in [6.45, 7) is 3.91. The quantitative estimate of drug-likeness (QED) is 0.644. The van der Waals surface area contributed by atoms with Crippen LogP contribution in [0.5, 0.6) is 5.75 Å². The van der Waals surface area contributed by atoms with Gasteiger partial charge in [0.05, 0.1) is 5.02 Å². The highest BCUT2D eigenvalue weighted by atomic mass is 35.5. The number of amidine groups is 1. The average Bonchev–Trinajstić information content (AvgIpc) is 2.41. The number of nitrogens with one attached hydrogen (secondary N) is 1. The van der Waals surface area contributed by atoms with E-state index < -0.39 is 0 Å². The minimum Gasteiger partial charge on any atom is -0.491 e. The van der Waals surface area contributed by atoms with Crippen molar-refractivity contribution in [3.63, 3.8) is 0 Å². The molecular weight excluding hydrogens is 262 g/mol. The van der Waals surface area contributed by atoms with Gasteiger partial charge in [-0.05, 0) is 44.1 Å². The molecule has 19 heavy (non-hydrogen) atoms. The summed E-state index contributed by atoms with van der Waals surface area (Å²) in [6.07, 6.45) is 3.91. The molecule has 4 nitrogen and oxygen atoms in total. The molecule has 0 bridgehead atoms. The average molecular weight is 282 g/mol. The number of piperidine rings is 1. The molecule has 0 unspecified atom stereocenters. The van der Waals surface area contributed by atoms with Gasteiger partial charge >= 0.3 is 0 Å². The molecule has 3 N–H and O–H groups in total. The van der Waals surface area contributed by atoms with Crippen molar-refractivity contribution in [1.29, 1.82) is 5.41 Å². The van der Waals surface area contributed by atoms with Gasteiger partial charge < -0.3 is 10.5 Å². The van der Waals surface area contributed by atoms with Crippen molar-refractivity contribution in [1.82, 2.24) is 4.90 Å². The number of hydrogen-bond acceptors (Lipinski definition) is 3. The maximum absolute atomic E-state index is 7.35. The summed E-state index contributed by atoms with van der Waals surface area (Å²) in [5.41, 5.74) is 6.03. The first-order valence-electron chi connectivity index (χ1n) is 6.66. The predicted octanol–water partition coefficient (Wildman–Crippen LogP) is 2.49. The highest BCUT2D eigenvalue weighted by Crippen LogP contribution is 2.25. The van der Waals surface area contributed by atoms with Crippen LogP contribution in [0.1, 0.15) is 24.8 Å². The summed E-state index contributed by atoms with van der Waals surface area (Å²) >= 11 is 6.10. The Balaban J connectivity index is 1.83. The normalized spacial score (nSPS) is 16.3. The van der Waals surface area contributed by atoms with E-state index in [1.165, 1.54) is 32.4 Å². The van der Waals surface area contributed by atoms with E-state index >= 15 is 0 Å². The molecule has 0 radical (unpaired) electrons. The summed E-state index contributed by atoms with van der Waals surface area (Å²) in [7, 11) is 0. The fourth-order valence-electron chi connectivity index (χ4n) is 2.25. The smallest absolute Gasteiger partial charge is 0.137 e. The molecular formula is C14H20ClN3O. The van der Waals surface area contributed by atoms with Crippen LogP contribution in [0.15, 0.2) is 18.2 Å². The largest absolute Gasteiger partial charge is 0.491 e. The van der Waals surface area contributed by atoms with Crippen LogP contribution < -0.4 is 10.5 Å². The summed E-state index contributed by atoms with van der Waals surface area (Å²) in [5.74, 6) is 0.672. The van der Waals surface area contributed by atoms with Gasteiger partial charge in [0.2, 0.25) is 0 Å². The van der Waals surface area contributed by atoms with Crippen molar-refractivity contribution >= 4 is 17.4 Å². The van der Waals surface area contributed by atoms with Crippen LogP contribution in [-0.4, -0.2) is 37.0 Å². The highest BCUT2D eigenvalue weighted by Gasteiger charge is 2.10. The minimum absolute atomic E-state index is 0.0155. The molecule has 1 aliphatic rings. The highest BCUT2D eigenvalue weighted by molar-refractivity contribution is 6.32. The van der Waals surface area contributed by atoms with Gasteiger partial charge in [-0.25, -0.2) is 0 Å². The third-order valence-corrected chi connectivity index (χ3v) is 3.65. The van der Waals surface area contributed by atoms with Crippen LogP contribution in [0.4, 0.5) is 0 Å². The van der Waals surface area contributed by atoms with E-state index in [2.05, 4.69) is 4.90 Å². The standard InChI is InChI=1S/C14H20ClN3O/c15-12-10-11(14(16)17)4-5-13(12)19-9-8-18-6-2-1-3-7-18/h4-5,10H,1-3,6-9H2,(H3,16,17). The molecule has 104 valence electrons. The van der Waals surface area contributed by atoms with Gasteiger partial charge in [0.25, 0.3) is 0 Å². The number of rotatable bonds is 5. The Kier molecular flexibility index (Phi) is 5.05. The van der Waals surface area contributed by atoms with Gasteiger partial charge in [-0.2, -0.15) is 0 Å². The lowest BCUT2D eigenvalue weighted by molar-refractivity contribution is 0.183. The Morgan fingerprint density at radius 1 is 1.32 bits per heavy atom. The fraction of sp³-hybridized carbons (Fsp3) is 0.500. The zero-order chi connectivity index (χ0) is 13.7. The third kappa shape index (κ3) is 4.11. The molecule has 1 aliphatic heterocycles. The zero-order valence-electron chi connectivity index (χ0n) is 11.0. The summed E-state index contributed by atoms with van der Waals surface area (Å²) in [6, 6.07) is 5.19. The molecule has 0 saturated carbocycles. The first-order valence-corrected chi connectivity index (χ1v) is 7.04. The Labute approximate surface area is 119 Å². The Morgan fingerprint density at radius 3 is 2.68 bits per heavy atom. The molecule has 1 heterocycles. The number of nitrogens with zero attached hydrogens (tertiary/aromatic N) is 1. The number of hydrogen-bond donors (Lipinski definition) is 2. The Hall–Kier alpha value is -1.26. The molecule has 5 heteroatoms. The van der Waals surface area contributed by atoms with E-state index in [-0.39, 0.29) is 5.84 Å². The second kappa shape index (κ2) is 6.78. The molecule has 1 aromatic carbocycles. The summed E-state index contributed by atoms with van der Waals surface area (Å²) in [5, 5.41) is 7.85. The number of likely N-dealkylation sites (tertiary alicyclic amines) is 1. The Bertz CT molecular complexity index is 444. The monoisotopic (exact) mass is 281 g/mol. The van der Waals surface area contributed by atoms with E-state index in [0.717, 1.165) is 6.54 Å². The maximum atomic E-state index is 7.35. The van der Waals surface area contributed by atoms with E-state index in [1.54, 1.807) is 18.2 Å². The van der Waals surface area contributed by atoms with Crippen LogP contribution in [0, 0.1) is 5.41 Å². The van der Waals surface area contributed by atoms with Crippen molar-refractivity contribution in [3.05, 3.63) is 28.8 Å². The van der Waals surface area contributed by atoms with Gasteiger partial charge in [0.15, 0.2) is 0 Å². The van der Waals surface area contributed by atoms with Crippen LogP contribution in [0.2, 0.25) is 5.02 Å². The minimum atomic E-state index is 0.0155. The van der Waals surface area contributed by atoms with Gasteiger partial charge in [0, 0.05) is 12.1 Å². The van der Waals surface area contributed by atoms with E-state index in [4.69, 9.17) is 27.5 Å². The molecule has 1 fully saturated rings. The number of halogens is 1. The van der Waals surface area contributed by atoms with Gasteiger partial charge in [-0.15, -0.1) is 0 Å².